The maximum absolute atomic E-state index is 5.16. The zero-order valence-electron chi connectivity index (χ0n) is 12.3. The summed E-state index contributed by atoms with van der Waals surface area (Å²) in [5, 5.41) is 8.09. The lowest BCUT2D eigenvalue weighted by molar-refractivity contribution is 0.188. The van der Waals surface area contributed by atoms with Crippen LogP contribution in [0, 0.1) is 0 Å². The summed E-state index contributed by atoms with van der Waals surface area (Å²) in [5.41, 5.74) is 1.27. The van der Waals surface area contributed by atoms with Crippen LogP contribution in [-0.4, -0.2) is 30.0 Å². The molecule has 1 aromatic rings. The minimum atomic E-state index is 0.346. The fourth-order valence-electron chi connectivity index (χ4n) is 2.19. The van der Waals surface area contributed by atoms with Gasteiger partial charge in [-0.05, 0) is 48.2 Å². The number of rotatable bonds is 10. The van der Waals surface area contributed by atoms with E-state index in [1.54, 1.807) is 7.11 Å². The van der Waals surface area contributed by atoms with E-state index in [1.165, 1.54) is 5.69 Å². The molecule has 0 fully saturated rings. The number of hydrogen-bond acceptors (Lipinski definition) is 3. The largest absolute Gasteiger partial charge is 0.385 e. The number of halogens is 1. The molecular formula is C14H26BrN3O. The Morgan fingerprint density at radius 2 is 2.21 bits per heavy atom. The Balaban J connectivity index is 2.78. The highest BCUT2D eigenvalue weighted by Crippen LogP contribution is 2.27. The molecule has 0 aliphatic carbocycles. The number of aryl methyl sites for hydroxylation is 1. The van der Waals surface area contributed by atoms with E-state index in [9.17, 15) is 0 Å². The Labute approximate surface area is 125 Å². The lowest BCUT2D eigenvalue weighted by Gasteiger charge is -2.20. The molecule has 1 unspecified atom stereocenters. The monoisotopic (exact) mass is 331 g/mol. The molecule has 0 saturated heterocycles. The molecule has 1 N–H and O–H groups in total. The Morgan fingerprint density at radius 3 is 2.84 bits per heavy atom. The number of nitrogens with one attached hydrogen (secondary N) is 1. The number of hydrogen-bond donors (Lipinski definition) is 1. The quantitative estimate of drug-likeness (QED) is 0.666. The van der Waals surface area contributed by atoms with Crippen molar-refractivity contribution in [2.75, 3.05) is 20.3 Å². The van der Waals surface area contributed by atoms with Gasteiger partial charge >= 0.3 is 0 Å². The molecule has 4 nitrogen and oxygen atoms in total. The van der Waals surface area contributed by atoms with Crippen molar-refractivity contribution < 1.29 is 4.74 Å². The smallest absolute Gasteiger partial charge is 0.0695 e. The van der Waals surface area contributed by atoms with E-state index in [1.807, 2.05) is 6.20 Å². The second kappa shape index (κ2) is 9.50. The predicted molar refractivity (Wildman–Crippen MR) is 82.4 cm³/mol. The summed E-state index contributed by atoms with van der Waals surface area (Å²) < 4.78 is 8.38. The van der Waals surface area contributed by atoms with Gasteiger partial charge in [0.2, 0.25) is 0 Å². The fraction of sp³-hybridized carbons (Fsp3) is 0.786. The highest BCUT2D eigenvalue weighted by atomic mass is 79.9. The van der Waals surface area contributed by atoms with Gasteiger partial charge < -0.3 is 10.1 Å². The normalized spacial score (nSPS) is 12.8. The van der Waals surface area contributed by atoms with Crippen LogP contribution in [0.1, 0.15) is 51.3 Å². The molecule has 0 saturated carbocycles. The Bertz CT molecular complexity index is 354. The molecule has 0 spiro atoms. The van der Waals surface area contributed by atoms with Crippen LogP contribution in [0.15, 0.2) is 10.7 Å². The van der Waals surface area contributed by atoms with Crippen molar-refractivity contribution in [1.29, 1.82) is 0 Å². The van der Waals surface area contributed by atoms with Gasteiger partial charge in [-0.25, -0.2) is 0 Å². The summed E-state index contributed by atoms with van der Waals surface area (Å²) >= 11 is 3.63. The van der Waals surface area contributed by atoms with Crippen molar-refractivity contribution in [1.82, 2.24) is 15.1 Å². The van der Waals surface area contributed by atoms with E-state index in [0.29, 0.717) is 6.04 Å². The molecule has 110 valence electrons. The minimum absolute atomic E-state index is 0.346. The third-order valence-electron chi connectivity index (χ3n) is 3.08. The van der Waals surface area contributed by atoms with E-state index in [2.05, 4.69) is 44.9 Å². The summed E-state index contributed by atoms with van der Waals surface area (Å²) in [6.45, 7) is 7.18. The van der Waals surface area contributed by atoms with Crippen LogP contribution in [0.5, 0.6) is 0 Å². The van der Waals surface area contributed by atoms with Gasteiger partial charge in [0, 0.05) is 20.3 Å². The molecule has 1 heterocycles. The molecular weight excluding hydrogens is 306 g/mol. The molecule has 1 aromatic heterocycles. The first kappa shape index (κ1) is 16.7. The van der Waals surface area contributed by atoms with Crippen molar-refractivity contribution in [3.05, 3.63) is 16.4 Å². The van der Waals surface area contributed by atoms with Gasteiger partial charge in [0.25, 0.3) is 0 Å². The van der Waals surface area contributed by atoms with Crippen molar-refractivity contribution in [2.24, 2.45) is 0 Å². The number of methoxy groups -OCH3 is 1. The molecule has 1 atom stereocenters. The van der Waals surface area contributed by atoms with E-state index in [0.717, 1.165) is 49.9 Å². The second-order valence-corrected chi connectivity index (χ2v) is 5.60. The first-order chi connectivity index (χ1) is 9.24. The van der Waals surface area contributed by atoms with E-state index < -0.39 is 0 Å². The zero-order valence-corrected chi connectivity index (χ0v) is 13.9. The van der Waals surface area contributed by atoms with Crippen LogP contribution in [0.3, 0.4) is 0 Å². The highest BCUT2D eigenvalue weighted by Gasteiger charge is 2.19. The summed E-state index contributed by atoms with van der Waals surface area (Å²) in [4.78, 5) is 0. The van der Waals surface area contributed by atoms with Crippen LogP contribution >= 0.6 is 15.9 Å². The van der Waals surface area contributed by atoms with Gasteiger partial charge in [0.15, 0.2) is 0 Å². The van der Waals surface area contributed by atoms with E-state index >= 15 is 0 Å². The maximum Gasteiger partial charge on any atom is 0.0695 e. The average molecular weight is 332 g/mol. The third-order valence-corrected chi connectivity index (χ3v) is 3.69. The van der Waals surface area contributed by atoms with Crippen molar-refractivity contribution in [3.8, 4) is 0 Å². The number of aromatic nitrogens is 2. The van der Waals surface area contributed by atoms with Gasteiger partial charge in [-0.15, -0.1) is 0 Å². The third kappa shape index (κ3) is 5.24. The van der Waals surface area contributed by atoms with Gasteiger partial charge in [0.05, 0.1) is 22.4 Å². The Morgan fingerprint density at radius 1 is 1.42 bits per heavy atom. The molecule has 0 radical (unpaired) electrons. The molecule has 5 heteroatoms. The molecule has 0 aromatic carbocycles. The van der Waals surface area contributed by atoms with Crippen LogP contribution < -0.4 is 5.32 Å². The first-order valence-electron chi connectivity index (χ1n) is 7.18. The first-order valence-corrected chi connectivity index (χ1v) is 7.97. The van der Waals surface area contributed by atoms with Gasteiger partial charge in [-0.1, -0.05) is 13.8 Å². The predicted octanol–water partition coefficient (Wildman–Crippen LogP) is 3.52. The van der Waals surface area contributed by atoms with Crippen LogP contribution in [-0.2, 0) is 11.3 Å². The highest BCUT2D eigenvalue weighted by molar-refractivity contribution is 9.10. The van der Waals surface area contributed by atoms with Crippen molar-refractivity contribution >= 4 is 15.9 Å². The van der Waals surface area contributed by atoms with E-state index in [-0.39, 0.29) is 0 Å². The summed E-state index contributed by atoms with van der Waals surface area (Å²) in [7, 11) is 1.76. The van der Waals surface area contributed by atoms with E-state index in [4.69, 9.17) is 4.74 Å². The lowest BCUT2D eigenvalue weighted by Crippen LogP contribution is -2.25. The topological polar surface area (TPSA) is 39.1 Å². The maximum atomic E-state index is 5.16. The van der Waals surface area contributed by atoms with Gasteiger partial charge in [0.1, 0.15) is 0 Å². The average Bonchev–Trinajstić information content (AvgIpc) is 2.76. The van der Waals surface area contributed by atoms with Crippen LogP contribution in [0.25, 0.3) is 0 Å². The molecule has 0 aliphatic heterocycles. The van der Waals surface area contributed by atoms with Crippen molar-refractivity contribution in [2.45, 2.75) is 52.1 Å². The zero-order chi connectivity index (χ0) is 14.1. The van der Waals surface area contributed by atoms with Gasteiger partial charge in [-0.2, -0.15) is 5.10 Å². The fourth-order valence-corrected chi connectivity index (χ4v) is 2.77. The molecule has 0 amide bonds. The number of nitrogens with zero attached hydrogens (tertiary/aromatic N) is 2. The molecule has 0 bridgehead atoms. The Kier molecular flexibility index (Phi) is 8.34. The minimum Gasteiger partial charge on any atom is -0.385 e. The van der Waals surface area contributed by atoms with Crippen LogP contribution in [0.2, 0.25) is 0 Å². The lowest BCUT2D eigenvalue weighted by atomic mass is 10.1. The van der Waals surface area contributed by atoms with Crippen LogP contribution in [0.4, 0.5) is 0 Å². The summed E-state index contributed by atoms with van der Waals surface area (Å²) in [6, 6.07) is 0.346. The number of ether oxygens (including phenoxy) is 1. The second-order valence-electron chi connectivity index (χ2n) is 4.74. The molecule has 1 rings (SSSR count). The molecule has 0 aliphatic rings. The summed E-state index contributed by atoms with van der Waals surface area (Å²) in [6.07, 6.45) is 6.27. The molecule has 19 heavy (non-hydrogen) atoms. The Hall–Kier alpha value is -0.390. The SMILES string of the molecule is CCCNC(CCCOC)c1c(Br)cnn1CCC. The standard InChI is InChI=1S/C14H26BrN3O/c1-4-8-16-13(7-6-10-19-3)14-12(15)11-17-18(14)9-5-2/h11,13,16H,4-10H2,1-3H3. The van der Waals surface area contributed by atoms with Crippen molar-refractivity contribution in [3.63, 3.8) is 0 Å². The summed E-state index contributed by atoms with van der Waals surface area (Å²) in [5.74, 6) is 0. The van der Waals surface area contributed by atoms with Gasteiger partial charge in [-0.3, -0.25) is 4.68 Å².